The van der Waals surface area contributed by atoms with Crippen molar-refractivity contribution in [1.82, 2.24) is 4.90 Å². The van der Waals surface area contributed by atoms with Crippen molar-refractivity contribution < 1.29 is 4.79 Å². The largest absolute Gasteiger partial charge is 0.339 e. The van der Waals surface area contributed by atoms with Crippen molar-refractivity contribution in [2.75, 3.05) is 6.54 Å². The minimum atomic E-state index is -0.134. The average Bonchev–Trinajstić information content (AvgIpc) is 2.70. The first-order chi connectivity index (χ1) is 7.07. The highest BCUT2D eigenvalue weighted by Crippen LogP contribution is 2.25. The van der Waals surface area contributed by atoms with Crippen LogP contribution in [0.2, 0.25) is 0 Å². The molecule has 1 amide bonds. The van der Waals surface area contributed by atoms with Crippen molar-refractivity contribution in [2.24, 2.45) is 5.92 Å². The van der Waals surface area contributed by atoms with E-state index >= 15 is 0 Å². The van der Waals surface area contributed by atoms with Gasteiger partial charge in [0.15, 0.2) is 0 Å². The lowest BCUT2D eigenvalue weighted by atomic mass is 10.1. The Hall–Kier alpha value is -0.180. The molecule has 1 saturated carbocycles. The molecule has 0 aromatic rings. The first-order valence-corrected chi connectivity index (χ1v) is 6.58. The van der Waals surface area contributed by atoms with E-state index in [1.165, 1.54) is 25.7 Å². The van der Waals surface area contributed by atoms with Crippen molar-refractivity contribution in [3.05, 3.63) is 0 Å². The molecule has 1 fully saturated rings. The van der Waals surface area contributed by atoms with Gasteiger partial charge in [-0.1, -0.05) is 26.7 Å². The third kappa shape index (κ3) is 3.13. The standard InChI is InChI=1S/C12H23NOS/c1-4-13(10-7-5-6-8-10)12(14)11(15)9(2)3/h9-11,15H,4-8H2,1-3H3. The zero-order valence-corrected chi connectivity index (χ0v) is 11.0. The van der Waals surface area contributed by atoms with Crippen LogP contribution in [0.4, 0.5) is 0 Å². The van der Waals surface area contributed by atoms with Gasteiger partial charge in [0.05, 0.1) is 5.25 Å². The maximum Gasteiger partial charge on any atom is 0.235 e. The van der Waals surface area contributed by atoms with E-state index in [0.717, 1.165) is 6.54 Å². The minimum absolute atomic E-state index is 0.134. The summed E-state index contributed by atoms with van der Waals surface area (Å²) in [6, 6.07) is 0.482. The Morgan fingerprint density at radius 1 is 1.40 bits per heavy atom. The quantitative estimate of drug-likeness (QED) is 0.735. The van der Waals surface area contributed by atoms with Gasteiger partial charge in [0.1, 0.15) is 0 Å². The second kappa shape index (κ2) is 5.78. The molecular formula is C12H23NOS. The topological polar surface area (TPSA) is 20.3 Å². The number of amides is 1. The number of thiol groups is 1. The SMILES string of the molecule is CCN(C(=O)C(S)C(C)C)C1CCCC1. The maximum atomic E-state index is 12.2. The summed E-state index contributed by atoms with van der Waals surface area (Å²) < 4.78 is 0. The monoisotopic (exact) mass is 229 g/mol. The molecule has 0 aromatic heterocycles. The molecule has 0 saturated heterocycles. The molecule has 0 radical (unpaired) electrons. The normalized spacial score (nSPS) is 19.5. The van der Waals surface area contributed by atoms with Crippen molar-refractivity contribution in [2.45, 2.75) is 57.7 Å². The molecule has 1 unspecified atom stereocenters. The smallest absolute Gasteiger partial charge is 0.235 e. The molecule has 0 aromatic carbocycles. The predicted octanol–water partition coefficient (Wildman–Crippen LogP) is 2.73. The molecule has 2 nitrogen and oxygen atoms in total. The lowest BCUT2D eigenvalue weighted by Crippen LogP contribution is -2.44. The van der Waals surface area contributed by atoms with E-state index in [4.69, 9.17) is 0 Å². The number of carbonyl (C=O) groups is 1. The molecule has 1 aliphatic carbocycles. The molecule has 1 rings (SSSR count). The molecule has 88 valence electrons. The number of rotatable bonds is 4. The minimum Gasteiger partial charge on any atom is -0.339 e. The van der Waals surface area contributed by atoms with Crippen LogP contribution in [0.3, 0.4) is 0 Å². The van der Waals surface area contributed by atoms with Gasteiger partial charge in [-0.25, -0.2) is 0 Å². The predicted molar refractivity (Wildman–Crippen MR) is 67.3 cm³/mol. The highest BCUT2D eigenvalue weighted by atomic mass is 32.1. The van der Waals surface area contributed by atoms with Crippen LogP contribution < -0.4 is 0 Å². The Kier molecular flexibility index (Phi) is 4.97. The van der Waals surface area contributed by atoms with Crippen LogP contribution in [-0.4, -0.2) is 28.6 Å². The molecule has 1 aliphatic rings. The summed E-state index contributed by atoms with van der Waals surface area (Å²) in [6.45, 7) is 7.00. The second-order valence-electron chi connectivity index (χ2n) is 4.75. The third-order valence-corrected chi connectivity index (χ3v) is 4.09. The van der Waals surface area contributed by atoms with Crippen molar-refractivity contribution in [3.8, 4) is 0 Å². The van der Waals surface area contributed by atoms with Crippen LogP contribution in [0.15, 0.2) is 0 Å². The molecule has 15 heavy (non-hydrogen) atoms. The van der Waals surface area contributed by atoms with Gasteiger partial charge < -0.3 is 4.90 Å². The Morgan fingerprint density at radius 3 is 2.33 bits per heavy atom. The number of carbonyl (C=O) groups excluding carboxylic acids is 1. The Bertz CT molecular complexity index is 212. The maximum absolute atomic E-state index is 12.2. The number of hydrogen-bond donors (Lipinski definition) is 1. The first-order valence-electron chi connectivity index (χ1n) is 6.06. The summed E-state index contributed by atoms with van der Waals surface area (Å²) in [5.41, 5.74) is 0. The Labute approximate surface area is 98.8 Å². The summed E-state index contributed by atoms with van der Waals surface area (Å²) in [4.78, 5) is 14.2. The van der Waals surface area contributed by atoms with Crippen molar-refractivity contribution in [3.63, 3.8) is 0 Å². The second-order valence-corrected chi connectivity index (χ2v) is 5.31. The number of hydrogen-bond acceptors (Lipinski definition) is 2. The van der Waals surface area contributed by atoms with E-state index in [1.54, 1.807) is 0 Å². The Morgan fingerprint density at radius 2 is 1.93 bits per heavy atom. The van der Waals surface area contributed by atoms with E-state index < -0.39 is 0 Å². The van der Waals surface area contributed by atoms with Gasteiger partial charge >= 0.3 is 0 Å². The first kappa shape index (κ1) is 12.9. The summed E-state index contributed by atoms with van der Waals surface area (Å²) in [6.07, 6.45) is 4.90. The van der Waals surface area contributed by atoms with E-state index in [0.29, 0.717) is 12.0 Å². The summed E-state index contributed by atoms with van der Waals surface area (Å²) in [5, 5.41) is -0.134. The van der Waals surface area contributed by atoms with Crippen LogP contribution in [0, 0.1) is 5.92 Å². The molecule has 0 N–H and O–H groups in total. The lowest BCUT2D eigenvalue weighted by Gasteiger charge is -2.31. The summed E-state index contributed by atoms with van der Waals surface area (Å²) in [5.74, 6) is 0.541. The fourth-order valence-corrected chi connectivity index (χ4v) is 2.41. The third-order valence-electron chi connectivity index (χ3n) is 3.27. The molecule has 1 atom stereocenters. The van der Waals surface area contributed by atoms with Crippen LogP contribution >= 0.6 is 12.6 Å². The summed E-state index contributed by atoms with van der Waals surface area (Å²) in [7, 11) is 0. The molecular weight excluding hydrogens is 206 g/mol. The zero-order valence-electron chi connectivity index (χ0n) is 10.1. The van der Waals surface area contributed by atoms with Gasteiger partial charge in [0, 0.05) is 12.6 Å². The molecule has 0 spiro atoms. The lowest BCUT2D eigenvalue weighted by molar-refractivity contribution is -0.133. The van der Waals surface area contributed by atoms with E-state index in [9.17, 15) is 4.79 Å². The average molecular weight is 229 g/mol. The van der Waals surface area contributed by atoms with Gasteiger partial charge in [0.25, 0.3) is 0 Å². The summed E-state index contributed by atoms with van der Waals surface area (Å²) >= 11 is 4.41. The van der Waals surface area contributed by atoms with Gasteiger partial charge in [-0.05, 0) is 25.7 Å². The van der Waals surface area contributed by atoms with Gasteiger partial charge in [-0.3, -0.25) is 4.79 Å². The van der Waals surface area contributed by atoms with E-state index in [1.807, 2.05) is 4.90 Å². The molecule has 0 bridgehead atoms. The van der Waals surface area contributed by atoms with E-state index in [2.05, 4.69) is 33.4 Å². The Balaban J connectivity index is 2.60. The molecule has 3 heteroatoms. The van der Waals surface area contributed by atoms with Crippen LogP contribution in [0.25, 0.3) is 0 Å². The zero-order chi connectivity index (χ0) is 11.4. The van der Waals surface area contributed by atoms with Gasteiger partial charge in [-0.2, -0.15) is 12.6 Å². The van der Waals surface area contributed by atoms with E-state index in [-0.39, 0.29) is 11.2 Å². The van der Waals surface area contributed by atoms with Gasteiger partial charge in [0.2, 0.25) is 5.91 Å². The fraction of sp³-hybridized carbons (Fsp3) is 0.917. The van der Waals surface area contributed by atoms with Crippen molar-refractivity contribution in [1.29, 1.82) is 0 Å². The molecule has 0 aliphatic heterocycles. The van der Waals surface area contributed by atoms with Crippen molar-refractivity contribution >= 4 is 18.5 Å². The van der Waals surface area contributed by atoms with Gasteiger partial charge in [-0.15, -0.1) is 0 Å². The van der Waals surface area contributed by atoms with Crippen LogP contribution in [-0.2, 0) is 4.79 Å². The highest BCUT2D eigenvalue weighted by molar-refractivity contribution is 7.81. The highest BCUT2D eigenvalue weighted by Gasteiger charge is 2.29. The van der Waals surface area contributed by atoms with Crippen LogP contribution in [0.5, 0.6) is 0 Å². The number of nitrogens with zero attached hydrogens (tertiary/aromatic N) is 1. The molecule has 0 heterocycles. The van der Waals surface area contributed by atoms with Crippen LogP contribution in [0.1, 0.15) is 46.5 Å². The fourth-order valence-electron chi connectivity index (χ4n) is 2.26.